The third kappa shape index (κ3) is 4.00. The summed E-state index contributed by atoms with van der Waals surface area (Å²) >= 11 is 0. The molecule has 3 heteroatoms. The van der Waals surface area contributed by atoms with Gasteiger partial charge in [0.2, 0.25) is 0 Å². The molecule has 0 fully saturated rings. The molecule has 0 bridgehead atoms. The predicted molar refractivity (Wildman–Crippen MR) is 196 cm³/mol. The van der Waals surface area contributed by atoms with Crippen LogP contribution in [0.2, 0.25) is 0 Å². The summed E-state index contributed by atoms with van der Waals surface area (Å²) in [6, 6.07) is 57.9. The van der Waals surface area contributed by atoms with Gasteiger partial charge in [0.15, 0.2) is 5.58 Å². The molecule has 0 N–H and O–H groups in total. The van der Waals surface area contributed by atoms with Crippen LogP contribution in [-0.2, 0) is 0 Å². The van der Waals surface area contributed by atoms with Crippen molar-refractivity contribution in [3.05, 3.63) is 164 Å². The first-order valence-electron chi connectivity index (χ1n) is 15.9. The Morgan fingerprint density at radius 1 is 0.340 bits per heavy atom. The molecule has 0 unspecified atom stereocenters. The number of benzene rings is 8. The summed E-state index contributed by atoms with van der Waals surface area (Å²) in [6.07, 6.45) is 0. The topological polar surface area (TPSA) is 29.5 Å². The van der Waals surface area contributed by atoms with E-state index in [1.807, 2.05) is 12.1 Å². The van der Waals surface area contributed by atoms with Crippen molar-refractivity contribution >= 4 is 82.5 Å². The van der Waals surface area contributed by atoms with Crippen molar-refractivity contribution in [3.63, 3.8) is 0 Å². The zero-order valence-corrected chi connectivity index (χ0v) is 25.4. The Labute approximate surface area is 270 Å². The second kappa shape index (κ2) is 10.1. The number of hydrogen-bond acceptors (Lipinski definition) is 3. The van der Waals surface area contributed by atoms with Gasteiger partial charge in [0, 0.05) is 32.5 Å². The van der Waals surface area contributed by atoms with Crippen molar-refractivity contribution in [3.8, 4) is 11.1 Å². The van der Waals surface area contributed by atoms with E-state index in [0.29, 0.717) is 0 Å². The van der Waals surface area contributed by atoms with Gasteiger partial charge in [0.1, 0.15) is 16.7 Å². The van der Waals surface area contributed by atoms with E-state index in [4.69, 9.17) is 8.83 Å². The number of anilines is 3. The molecule has 0 aliphatic carbocycles. The van der Waals surface area contributed by atoms with Crippen molar-refractivity contribution in [1.29, 1.82) is 0 Å². The molecule has 220 valence electrons. The third-order valence-electron chi connectivity index (χ3n) is 9.43. The minimum atomic E-state index is 0.861. The van der Waals surface area contributed by atoms with E-state index < -0.39 is 0 Å². The molecule has 0 aliphatic rings. The van der Waals surface area contributed by atoms with Gasteiger partial charge >= 0.3 is 0 Å². The van der Waals surface area contributed by atoms with Crippen LogP contribution >= 0.6 is 0 Å². The summed E-state index contributed by atoms with van der Waals surface area (Å²) in [5.41, 5.74) is 8.90. The largest absolute Gasteiger partial charge is 0.456 e. The summed E-state index contributed by atoms with van der Waals surface area (Å²) in [5.74, 6) is 0. The normalized spacial score (nSPS) is 11.8. The first-order valence-corrected chi connectivity index (χ1v) is 15.9. The van der Waals surface area contributed by atoms with Gasteiger partial charge in [-0.25, -0.2) is 0 Å². The Balaban J connectivity index is 1.25. The molecule has 8 aromatic carbocycles. The summed E-state index contributed by atoms with van der Waals surface area (Å²) in [5, 5.41) is 9.17. The highest BCUT2D eigenvalue weighted by molar-refractivity contribution is 6.14. The molecule has 0 saturated heterocycles. The molecule has 0 spiro atoms. The fourth-order valence-electron chi connectivity index (χ4n) is 7.24. The molecule has 0 radical (unpaired) electrons. The highest BCUT2D eigenvalue weighted by Gasteiger charge is 2.23. The van der Waals surface area contributed by atoms with Gasteiger partial charge in [-0.1, -0.05) is 115 Å². The summed E-state index contributed by atoms with van der Waals surface area (Å²) < 4.78 is 13.0. The van der Waals surface area contributed by atoms with E-state index in [1.54, 1.807) is 0 Å². The number of nitrogens with zero attached hydrogens (tertiary/aromatic N) is 1. The number of rotatable bonds is 4. The Kier molecular flexibility index (Phi) is 5.57. The van der Waals surface area contributed by atoms with E-state index >= 15 is 0 Å². The van der Waals surface area contributed by atoms with Crippen LogP contribution in [0.3, 0.4) is 0 Å². The van der Waals surface area contributed by atoms with Crippen molar-refractivity contribution in [2.24, 2.45) is 0 Å². The van der Waals surface area contributed by atoms with Crippen LogP contribution < -0.4 is 4.90 Å². The van der Waals surface area contributed by atoms with Crippen molar-refractivity contribution in [2.45, 2.75) is 0 Å². The average molecular weight is 602 g/mol. The van der Waals surface area contributed by atoms with Crippen molar-refractivity contribution in [2.75, 3.05) is 4.90 Å². The Bertz CT molecular complexity index is 2820. The monoisotopic (exact) mass is 601 g/mol. The van der Waals surface area contributed by atoms with Crippen LogP contribution in [0.1, 0.15) is 0 Å². The van der Waals surface area contributed by atoms with Crippen LogP contribution in [0.5, 0.6) is 0 Å². The van der Waals surface area contributed by atoms with Crippen LogP contribution in [0.4, 0.5) is 17.1 Å². The molecule has 0 saturated carbocycles. The number of para-hydroxylation sites is 3. The number of hydrogen-bond donors (Lipinski definition) is 0. The second-order valence-corrected chi connectivity index (χ2v) is 12.1. The Morgan fingerprint density at radius 3 is 1.87 bits per heavy atom. The predicted octanol–water partition coefficient (Wildman–Crippen LogP) is 12.9. The van der Waals surface area contributed by atoms with Gasteiger partial charge in [0.25, 0.3) is 0 Å². The minimum absolute atomic E-state index is 0.861. The Hall–Kier alpha value is -6.32. The highest BCUT2D eigenvalue weighted by Crippen LogP contribution is 2.47. The smallest absolute Gasteiger partial charge is 0.159 e. The molecular weight excluding hydrogens is 574 g/mol. The lowest BCUT2D eigenvalue weighted by atomic mass is 9.98. The van der Waals surface area contributed by atoms with E-state index in [1.165, 1.54) is 21.5 Å². The second-order valence-electron chi connectivity index (χ2n) is 12.1. The lowest BCUT2D eigenvalue weighted by Gasteiger charge is -2.29. The molecule has 2 heterocycles. The van der Waals surface area contributed by atoms with E-state index in [-0.39, 0.29) is 0 Å². The SMILES string of the molecule is c1ccc(N(c2cccc3ccccc23)c2cccc3c2oc2ccccc23)c(-c2ccc3oc4cc5ccccc5cc4c3c2)c1. The maximum Gasteiger partial charge on any atom is 0.159 e. The first-order chi connectivity index (χ1) is 23.3. The van der Waals surface area contributed by atoms with Crippen LogP contribution in [0.25, 0.3) is 76.5 Å². The number of furan rings is 2. The standard InChI is InChI=1S/C44H27NO2/c1-2-13-30-27-43-37(25-29(30)12-1)36-26-31(23-24-42(36)46-43)33-16-5-7-19-38(33)45(39-20-9-14-28-11-3-4-15-32(28)39)40-21-10-18-35-34-17-6-8-22-41(34)47-44(35)40/h1-27H. The Morgan fingerprint density at radius 2 is 0.957 bits per heavy atom. The van der Waals surface area contributed by atoms with Crippen molar-refractivity contribution in [1.82, 2.24) is 0 Å². The maximum atomic E-state index is 6.64. The minimum Gasteiger partial charge on any atom is -0.456 e. The van der Waals surface area contributed by atoms with E-state index in [9.17, 15) is 0 Å². The maximum absolute atomic E-state index is 6.64. The molecule has 10 rings (SSSR count). The van der Waals surface area contributed by atoms with Crippen molar-refractivity contribution < 1.29 is 8.83 Å². The summed E-state index contributed by atoms with van der Waals surface area (Å²) in [7, 11) is 0. The van der Waals surface area contributed by atoms with Gasteiger partial charge in [-0.3, -0.25) is 0 Å². The van der Waals surface area contributed by atoms with Crippen LogP contribution in [0, 0.1) is 0 Å². The van der Waals surface area contributed by atoms with Gasteiger partial charge in [-0.2, -0.15) is 0 Å². The fourth-order valence-corrected chi connectivity index (χ4v) is 7.24. The van der Waals surface area contributed by atoms with Crippen LogP contribution in [-0.4, -0.2) is 0 Å². The molecule has 47 heavy (non-hydrogen) atoms. The highest BCUT2D eigenvalue weighted by atomic mass is 16.3. The molecule has 0 aliphatic heterocycles. The summed E-state index contributed by atoms with van der Waals surface area (Å²) in [6.45, 7) is 0. The lowest BCUT2D eigenvalue weighted by Crippen LogP contribution is -2.12. The molecular formula is C44H27NO2. The molecule has 0 atom stereocenters. The van der Waals surface area contributed by atoms with E-state index in [2.05, 4.69) is 157 Å². The summed E-state index contributed by atoms with van der Waals surface area (Å²) in [4.78, 5) is 2.37. The molecule has 0 amide bonds. The zero-order chi connectivity index (χ0) is 30.9. The molecule has 3 nitrogen and oxygen atoms in total. The van der Waals surface area contributed by atoms with Gasteiger partial charge < -0.3 is 13.7 Å². The third-order valence-corrected chi connectivity index (χ3v) is 9.43. The van der Waals surface area contributed by atoms with E-state index in [0.717, 1.165) is 72.1 Å². The van der Waals surface area contributed by atoms with Gasteiger partial charge in [-0.05, 0) is 70.3 Å². The first kappa shape index (κ1) is 26.0. The zero-order valence-electron chi connectivity index (χ0n) is 25.4. The average Bonchev–Trinajstić information content (AvgIpc) is 3.69. The van der Waals surface area contributed by atoms with Gasteiger partial charge in [0.05, 0.1) is 17.1 Å². The van der Waals surface area contributed by atoms with Gasteiger partial charge in [-0.15, -0.1) is 0 Å². The van der Waals surface area contributed by atoms with Crippen LogP contribution in [0.15, 0.2) is 173 Å². The molecule has 10 aromatic rings. The fraction of sp³-hybridized carbons (Fsp3) is 0. The lowest BCUT2D eigenvalue weighted by molar-refractivity contribution is 0.669. The molecule has 2 aromatic heterocycles. The quantitative estimate of drug-likeness (QED) is 0.201. The number of fused-ring (bicyclic) bond motifs is 8.